The highest BCUT2D eigenvalue weighted by Crippen LogP contribution is 2.25. The Labute approximate surface area is 140 Å². The van der Waals surface area contributed by atoms with Gasteiger partial charge in [0.05, 0.1) is 6.20 Å². The number of carbonyl (C=O) groups is 1. The lowest BCUT2D eigenvalue weighted by Crippen LogP contribution is -2.39. The minimum Gasteiger partial charge on any atom is -0.441 e. The summed E-state index contributed by atoms with van der Waals surface area (Å²) in [5.74, 6) is 1.18. The summed E-state index contributed by atoms with van der Waals surface area (Å²) in [4.78, 5) is 16.3. The molecule has 2 atom stereocenters. The highest BCUT2D eigenvalue weighted by atomic mass is 19.1. The first-order chi connectivity index (χ1) is 11.7. The average molecular weight is 331 g/mol. The Balaban J connectivity index is 1.52. The van der Waals surface area contributed by atoms with Crippen molar-refractivity contribution in [1.82, 2.24) is 10.3 Å². The van der Waals surface area contributed by atoms with Crippen LogP contribution in [0.4, 0.5) is 4.39 Å². The minimum atomic E-state index is -0.294. The molecule has 0 bridgehead atoms. The van der Waals surface area contributed by atoms with E-state index in [1.54, 1.807) is 18.3 Å². The molecule has 0 spiro atoms. The number of rotatable bonds is 6. The summed E-state index contributed by atoms with van der Waals surface area (Å²) in [6.45, 7) is 0.617. The van der Waals surface area contributed by atoms with Crippen LogP contribution in [-0.2, 0) is 11.2 Å². The molecule has 0 aliphatic heterocycles. The van der Waals surface area contributed by atoms with E-state index in [0.29, 0.717) is 37.0 Å². The first-order valence-electron chi connectivity index (χ1n) is 8.36. The fraction of sp³-hybridized carbons (Fsp3) is 0.444. The zero-order valence-corrected chi connectivity index (χ0v) is 13.5. The molecular weight excluding hydrogens is 309 g/mol. The number of amides is 1. The maximum Gasteiger partial charge on any atom is 0.220 e. The van der Waals surface area contributed by atoms with E-state index >= 15 is 0 Å². The molecule has 1 aromatic heterocycles. The predicted octanol–water partition coefficient (Wildman–Crippen LogP) is 2.66. The highest BCUT2D eigenvalue weighted by molar-refractivity contribution is 5.76. The van der Waals surface area contributed by atoms with Crippen LogP contribution in [-0.4, -0.2) is 23.5 Å². The summed E-state index contributed by atoms with van der Waals surface area (Å²) in [5.41, 5.74) is 6.49. The molecule has 6 heteroatoms. The average Bonchev–Trinajstić information content (AvgIpc) is 3.22. The molecule has 1 amide bonds. The molecule has 128 valence electrons. The molecule has 1 fully saturated rings. The lowest BCUT2D eigenvalue weighted by molar-refractivity contribution is -0.122. The number of hydrogen-bond acceptors (Lipinski definition) is 4. The number of aromatic nitrogens is 1. The molecule has 1 heterocycles. The fourth-order valence-corrected chi connectivity index (χ4v) is 3.18. The Hall–Kier alpha value is -2.21. The molecule has 2 aromatic rings. The van der Waals surface area contributed by atoms with Gasteiger partial charge in [-0.2, -0.15) is 0 Å². The third-order valence-electron chi connectivity index (χ3n) is 4.56. The number of nitrogens with one attached hydrogen (secondary N) is 1. The highest BCUT2D eigenvalue weighted by Gasteiger charge is 2.27. The van der Waals surface area contributed by atoms with Gasteiger partial charge in [0.1, 0.15) is 5.82 Å². The predicted molar refractivity (Wildman–Crippen MR) is 88.5 cm³/mol. The summed E-state index contributed by atoms with van der Waals surface area (Å²) in [5, 5.41) is 3.06. The van der Waals surface area contributed by atoms with Crippen molar-refractivity contribution >= 4 is 5.91 Å². The summed E-state index contributed by atoms with van der Waals surface area (Å²) < 4.78 is 18.6. The molecule has 24 heavy (non-hydrogen) atoms. The van der Waals surface area contributed by atoms with Crippen LogP contribution in [0.1, 0.15) is 31.6 Å². The number of halogens is 1. The normalized spacial score (nSPS) is 20.2. The van der Waals surface area contributed by atoms with Crippen molar-refractivity contribution in [3.63, 3.8) is 0 Å². The van der Waals surface area contributed by atoms with Gasteiger partial charge < -0.3 is 15.5 Å². The Morgan fingerprint density at radius 1 is 1.33 bits per heavy atom. The van der Waals surface area contributed by atoms with E-state index in [1.165, 1.54) is 12.1 Å². The first-order valence-corrected chi connectivity index (χ1v) is 8.36. The van der Waals surface area contributed by atoms with Crippen LogP contribution in [0.5, 0.6) is 0 Å². The van der Waals surface area contributed by atoms with Gasteiger partial charge in [-0.05, 0) is 49.6 Å². The van der Waals surface area contributed by atoms with Gasteiger partial charge in [0.2, 0.25) is 5.91 Å². The van der Waals surface area contributed by atoms with Gasteiger partial charge in [0.25, 0.3) is 0 Å². The summed E-state index contributed by atoms with van der Waals surface area (Å²) in [6.07, 6.45) is 5.57. The summed E-state index contributed by atoms with van der Waals surface area (Å²) in [6, 6.07) is 6.22. The van der Waals surface area contributed by atoms with Crippen molar-refractivity contribution < 1.29 is 13.6 Å². The van der Waals surface area contributed by atoms with Crippen molar-refractivity contribution in [2.24, 2.45) is 11.7 Å². The van der Waals surface area contributed by atoms with Crippen LogP contribution in [0.2, 0.25) is 0 Å². The molecule has 3 N–H and O–H groups in total. The molecule has 3 rings (SSSR count). The zero-order valence-electron chi connectivity index (χ0n) is 13.5. The molecule has 2 unspecified atom stereocenters. The largest absolute Gasteiger partial charge is 0.441 e. The van der Waals surface area contributed by atoms with Crippen LogP contribution in [0, 0.1) is 11.7 Å². The monoisotopic (exact) mass is 331 g/mol. The van der Waals surface area contributed by atoms with Crippen molar-refractivity contribution in [3.8, 4) is 11.3 Å². The van der Waals surface area contributed by atoms with E-state index < -0.39 is 0 Å². The number of aryl methyl sites for hydroxylation is 1. The number of nitrogens with zero attached hydrogens (tertiary/aromatic N) is 1. The molecule has 1 saturated carbocycles. The lowest BCUT2D eigenvalue weighted by atomic mass is 10.0. The molecule has 0 radical (unpaired) electrons. The summed E-state index contributed by atoms with van der Waals surface area (Å²) in [7, 11) is 0. The molecule has 0 saturated heterocycles. The molecule has 1 aromatic carbocycles. The topological polar surface area (TPSA) is 81.1 Å². The summed E-state index contributed by atoms with van der Waals surface area (Å²) >= 11 is 0. The third-order valence-corrected chi connectivity index (χ3v) is 4.56. The second-order valence-corrected chi connectivity index (χ2v) is 6.23. The van der Waals surface area contributed by atoms with Crippen molar-refractivity contribution in [3.05, 3.63) is 42.2 Å². The molecule has 5 nitrogen and oxygen atoms in total. The Kier molecular flexibility index (Phi) is 5.25. The van der Waals surface area contributed by atoms with Crippen molar-refractivity contribution in [1.29, 1.82) is 0 Å². The Morgan fingerprint density at radius 2 is 2.12 bits per heavy atom. The number of carbonyl (C=O) groups excluding carboxylic acids is 1. The van der Waals surface area contributed by atoms with Crippen molar-refractivity contribution in [2.45, 2.75) is 38.1 Å². The van der Waals surface area contributed by atoms with E-state index in [2.05, 4.69) is 10.3 Å². The van der Waals surface area contributed by atoms with Gasteiger partial charge in [0.15, 0.2) is 11.7 Å². The third kappa shape index (κ3) is 4.00. The van der Waals surface area contributed by atoms with E-state index in [-0.39, 0.29) is 17.8 Å². The number of hydrogen-bond donors (Lipinski definition) is 2. The van der Waals surface area contributed by atoms with E-state index in [4.69, 9.17) is 10.2 Å². The van der Waals surface area contributed by atoms with Gasteiger partial charge in [-0.3, -0.25) is 4.79 Å². The SMILES string of the molecule is NCC1CCCC1NC(=O)CCc1ncc(-c2ccc(F)cc2)o1. The molecule has 1 aliphatic carbocycles. The number of benzene rings is 1. The van der Waals surface area contributed by atoms with Crippen LogP contribution in [0.15, 0.2) is 34.9 Å². The second kappa shape index (κ2) is 7.57. The van der Waals surface area contributed by atoms with Gasteiger partial charge in [-0.1, -0.05) is 6.42 Å². The van der Waals surface area contributed by atoms with Gasteiger partial charge in [-0.15, -0.1) is 0 Å². The lowest BCUT2D eigenvalue weighted by Gasteiger charge is -2.19. The maximum atomic E-state index is 12.9. The van der Waals surface area contributed by atoms with Gasteiger partial charge in [0, 0.05) is 24.4 Å². The Morgan fingerprint density at radius 3 is 2.88 bits per heavy atom. The Bertz CT molecular complexity index is 684. The second-order valence-electron chi connectivity index (χ2n) is 6.23. The molecule has 1 aliphatic rings. The molecular formula is C18H22FN3O2. The van der Waals surface area contributed by atoms with Crippen LogP contribution >= 0.6 is 0 Å². The van der Waals surface area contributed by atoms with Crippen LogP contribution < -0.4 is 11.1 Å². The first kappa shape index (κ1) is 16.6. The van der Waals surface area contributed by atoms with E-state index in [1.807, 2.05) is 0 Å². The standard InChI is InChI=1S/C18H22FN3O2/c19-14-6-4-12(5-7-14)16-11-21-18(24-16)9-8-17(23)22-15-3-1-2-13(15)10-20/h4-7,11,13,15H,1-3,8-10,20H2,(H,22,23). The zero-order chi connectivity index (χ0) is 16.9. The van der Waals surface area contributed by atoms with Crippen LogP contribution in [0.3, 0.4) is 0 Å². The number of oxazole rings is 1. The number of nitrogens with two attached hydrogens (primary N) is 1. The van der Waals surface area contributed by atoms with Gasteiger partial charge in [-0.25, -0.2) is 9.37 Å². The maximum absolute atomic E-state index is 12.9. The fourth-order valence-electron chi connectivity index (χ4n) is 3.18. The van der Waals surface area contributed by atoms with E-state index in [0.717, 1.165) is 24.8 Å². The van der Waals surface area contributed by atoms with Crippen LogP contribution in [0.25, 0.3) is 11.3 Å². The van der Waals surface area contributed by atoms with Gasteiger partial charge >= 0.3 is 0 Å². The van der Waals surface area contributed by atoms with E-state index in [9.17, 15) is 9.18 Å². The minimum absolute atomic E-state index is 0.00174. The quantitative estimate of drug-likeness (QED) is 0.853. The smallest absolute Gasteiger partial charge is 0.220 e. The van der Waals surface area contributed by atoms with Crippen molar-refractivity contribution in [2.75, 3.05) is 6.54 Å².